The number of ketones is 1. The molecule has 0 bridgehead atoms. The highest BCUT2D eigenvalue weighted by atomic mass is 35.5. The number of carbonyl (C=O) groups is 2. The van der Waals surface area contributed by atoms with Crippen LogP contribution in [0.15, 0.2) is 95.0 Å². The number of ether oxygens (including phenoxy) is 5. The van der Waals surface area contributed by atoms with Crippen LogP contribution in [0.3, 0.4) is 0 Å². The molecule has 0 amide bonds. The van der Waals surface area contributed by atoms with Crippen molar-refractivity contribution in [1.29, 1.82) is 0 Å². The minimum absolute atomic E-state index is 0. The maximum absolute atomic E-state index is 13.1. The average Bonchev–Trinajstić information content (AvgIpc) is 4.10. The van der Waals surface area contributed by atoms with Gasteiger partial charge in [0, 0.05) is 89.6 Å². The minimum Gasteiger partial charge on any atom is -0.497 e. The van der Waals surface area contributed by atoms with E-state index in [1.165, 1.54) is 66.9 Å². The van der Waals surface area contributed by atoms with Crippen molar-refractivity contribution in [2.24, 2.45) is 5.73 Å². The van der Waals surface area contributed by atoms with Crippen LogP contribution in [0.1, 0.15) is 77.1 Å². The molecule has 2 N–H and O–H groups in total. The van der Waals surface area contributed by atoms with Gasteiger partial charge in [0.1, 0.15) is 29.8 Å². The topological polar surface area (TPSA) is 217 Å². The number of nitrogens with zero attached hydrogens (tertiary/aromatic N) is 6. The number of rotatable bonds is 23. The lowest BCUT2D eigenvalue weighted by molar-refractivity contribution is -0.140. The molecule has 8 rings (SSSR count). The third kappa shape index (κ3) is 16.8. The van der Waals surface area contributed by atoms with Crippen LogP contribution < -0.4 is 15.2 Å². The fourth-order valence-electron chi connectivity index (χ4n) is 9.24. The first-order valence-corrected chi connectivity index (χ1v) is 28.7. The average molecular weight is 1130 g/mol. The summed E-state index contributed by atoms with van der Waals surface area (Å²) in [6.07, 6.45) is 12.4. The maximum Gasteiger partial charge on any atom is 0.295 e. The van der Waals surface area contributed by atoms with Gasteiger partial charge in [-0.1, -0.05) is 48.5 Å². The third-order valence-electron chi connectivity index (χ3n) is 13.5. The summed E-state index contributed by atoms with van der Waals surface area (Å²) in [4.78, 5) is 32.3. The standard InChI is InChI=1S/C29H37N3O5S.C14H17N3.C14H21NO6S.ClH/c1-21-17-26(36-4)18-22(2)29(21)38(34,35)31(3)15-16-37-20-25(33)13-10-23-8-11-24(12-9-23)27-19-32-14-6-5-7-28(32)30-27;15-9-11-4-6-12(7-5-11)13-10-17-8-2-1-3-14(17)16-13;1-11-7-13(19-4)8-12(2)14(11)22(17,18)15(3)5-6-20-10-21-9-16;/h8-9,11-12,17-19H,5-7,10,13-16,20H2,1-4H3;4-7,10H,1-3,8-9,15H2;7-9H,5-6,10H2,1-4H3;1H. The monoisotopic (exact) mass is 1130 g/mol. The summed E-state index contributed by atoms with van der Waals surface area (Å²) in [5.74, 6) is 3.62. The molecule has 0 saturated carbocycles. The van der Waals surface area contributed by atoms with Crippen LogP contribution in [0.2, 0.25) is 0 Å². The molecule has 0 radical (unpaired) electrons. The Labute approximate surface area is 466 Å². The number of Topliss-reactive ketones (excluding diaryl/α,β-unsaturated/α-hetero) is 1. The molecule has 2 aromatic heterocycles. The second-order valence-corrected chi connectivity index (χ2v) is 23.2. The Balaban J connectivity index is 0.000000236. The second-order valence-electron chi connectivity index (χ2n) is 19.2. The van der Waals surface area contributed by atoms with Gasteiger partial charge in [-0.05, 0) is 117 Å². The molecule has 0 spiro atoms. The van der Waals surface area contributed by atoms with Crippen LogP contribution in [-0.2, 0) is 82.7 Å². The highest BCUT2D eigenvalue weighted by molar-refractivity contribution is 7.89. The van der Waals surface area contributed by atoms with Crippen LogP contribution in [0.4, 0.5) is 0 Å². The van der Waals surface area contributed by atoms with Crippen molar-refractivity contribution in [3.8, 4) is 34.0 Å². The fourth-order valence-corrected chi connectivity index (χ4v) is 12.4. The van der Waals surface area contributed by atoms with E-state index >= 15 is 0 Å². The molecule has 0 fully saturated rings. The van der Waals surface area contributed by atoms with E-state index in [-0.39, 0.29) is 74.2 Å². The number of sulfonamides is 2. The van der Waals surface area contributed by atoms with Gasteiger partial charge in [0.25, 0.3) is 6.47 Å². The van der Waals surface area contributed by atoms with Gasteiger partial charge in [-0.3, -0.25) is 9.59 Å². The molecular formula is C57H76ClN7O11S2. The fraction of sp³-hybridized carbons (Fsp3) is 0.439. The largest absolute Gasteiger partial charge is 0.497 e. The van der Waals surface area contributed by atoms with E-state index in [0.717, 1.165) is 59.8 Å². The van der Waals surface area contributed by atoms with E-state index in [1.54, 1.807) is 59.1 Å². The number of aromatic nitrogens is 4. The van der Waals surface area contributed by atoms with Gasteiger partial charge in [0.05, 0.1) is 48.6 Å². The van der Waals surface area contributed by atoms with E-state index in [9.17, 15) is 26.4 Å². The molecule has 0 saturated heterocycles. The number of aryl methyl sites for hydroxylation is 9. The molecule has 21 heteroatoms. The van der Waals surface area contributed by atoms with Gasteiger partial charge in [-0.25, -0.2) is 26.8 Å². The number of nitrogens with two attached hydrogens (primary N) is 1. The molecule has 18 nitrogen and oxygen atoms in total. The van der Waals surface area contributed by atoms with Gasteiger partial charge < -0.3 is 38.6 Å². The van der Waals surface area contributed by atoms with Crippen molar-refractivity contribution >= 4 is 44.7 Å². The lowest BCUT2D eigenvalue weighted by Gasteiger charge is -2.20. The van der Waals surface area contributed by atoms with Crippen LogP contribution >= 0.6 is 12.4 Å². The Hall–Kier alpha value is -5.97. The van der Waals surface area contributed by atoms with Gasteiger partial charge in [-0.2, -0.15) is 8.61 Å². The Morgan fingerprint density at radius 1 is 0.654 bits per heavy atom. The molecular weight excluding hydrogens is 1060 g/mol. The number of hydrogen-bond donors (Lipinski definition) is 1. The lowest BCUT2D eigenvalue weighted by Crippen LogP contribution is -2.31. The smallest absolute Gasteiger partial charge is 0.295 e. The predicted octanol–water partition coefficient (Wildman–Crippen LogP) is 8.20. The number of fused-ring (bicyclic) bond motifs is 2. The van der Waals surface area contributed by atoms with Gasteiger partial charge >= 0.3 is 0 Å². The first-order chi connectivity index (χ1) is 36.9. The number of methoxy groups -OCH3 is 2. The van der Waals surface area contributed by atoms with Crippen molar-refractivity contribution < 1.29 is 50.1 Å². The predicted molar refractivity (Wildman–Crippen MR) is 303 cm³/mol. The summed E-state index contributed by atoms with van der Waals surface area (Å²) in [5, 5.41) is 0. The number of benzene rings is 4. The van der Waals surface area contributed by atoms with Crippen molar-refractivity contribution in [3.63, 3.8) is 0 Å². The summed E-state index contributed by atoms with van der Waals surface area (Å²) in [7, 11) is -1.24. The zero-order chi connectivity index (χ0) is 55.7. The summed E-state index contributed by atoms with van der Waals surface area (Å²) < 4.78 is 83.7. The highest BCUT2D eigenvalue weighted by Gasteiger charge is 2.27. The van der Waals surface area contributed by atoms with Crippen molar-refractivity contribution in [2.75, 3.05) is 68.0 Å². The molecule has 2 aliphatic heterocycles. The van der Waals surface area contributed by atoms with Crippen LogP contribution in [0.5, 0.6) is 11.5 Å². The Bertz CT molecular complexity index is 3050. The molecule has 0 atom stereocenters. The molecule has 424 valence electrons. The number of carbonyl (C=O) groups excluding carboxylic acids is 2. The first-order valence-electron chi connectivity index (χ1n) is 25.9. The molecule has 6 aromatic rings. The van der Waals surface area contributed by atoms with Crippen molar-refractivity contribution in [2.45, 2.75) is 108 Å². The highest BCUT2D eigenvalue weighted by Crippen LogP contribution is 2.30. The molecule has 2 aliphatic rings. The molecule has 0 unspecified atom stereocenters. The SMILES string of the molecule is COc1cc(C)c(S(=O)(=O)N(C)CCOCC(=O)CCc2ccc(-c3cn4c(n3)CCCC4)cc2)c(C)c1.COc1cc(C)c(S(=O)(=O)N(C)CCOCOC=O)c(C)c1.Cl.NCc1ccc(-c2cn3c(n2)CCCC3)cc1. The van der Waals surface area contributed by atoms with Gasteiger partial charge in [-0.15, -0.1) is 12.4 Å². The van der Waals surface area contributed by atoms with Gasteiger partial charge in [0.15, 0.2) is 12.6 Å². The molecule has 4 heterocycles. The maximum atomic E-state index is 13.1. The van der Waals surface area contributed by atoms with E-state index in [4.69, 9.17) is 34.6 Å². The summed E-state index contributed by atoms with van der Waals surface area (Å²) in [6, 6.07) is 23.4. The summed E-state index contributed by atoms with van der Waals surface area (Å²) in [6.45, 7) is 10.3. The number of halogens is 1. The normalized spacial score (nSPS) is 13.0. The Morgan fingerprint density at radius 3 is 1.47 bits per heavy atom. The zero-order valence-corrected chi connectivity index (χ0v) is 48.6. The van der Waals surface area contributed by atoms with E-state index in [1.807, 2.05) is 12.1 Å². The summed E-state index contributed by atoms with van der Waals surface area (Å²) >= 11 is 0. The van der Waals surface area contributed by atoms with E-state index < -0.39 is 20.0 Å². The van der Waals surface area contributed by atoms with Crippen LogP contribution in [0, 0.1) is 27.7 Å². The zero-order valence-electron chi connectivity index (χ0n) is 46.2. The molecule has 78 heavy (non-hydrogen) atoms. The van der Waals surface area contributed by atoms with E-state index in [0.29, 0.717) is 53.1 Å². The summed E-state index contributed by atoms with van der Waals surface area (Å²) in [5.41, 5.74) is 14.7. The van der Waals surface area contributed by atoms with E-state index in [2.05, 4.69) is 62.7 Å². The van der Waals surface area contributed by atoms with Crippen LogP contribution in [-0.4, -0.2) is 125 Å². The van der Waals surface area contributed by atoms with Crippen molar-refractivity contribution in [1.82, 2.24) is 27.7 Å². The lowest BCUT2D eigenvalue weighted by atomic mass is 10.0. The molecule has 0 aliphatic carbocycles. The van der Waals surface area contributed by atoms with Crippen molar-refractivity contribution in [3.05, 3.63) is 130 Å². The minimum atomic E-state index is -3.69. The van der Waals surface area contributed by atoms with Gasteiger partial charge in [0.2, 0.25) is 20.0 Å². The first kappa shape index (κ1) is 62.9. The van der Waals surface area contributed by atoms with Crippen LogP contribution in [0.25, 0.3) is 22.5 Å². The Kier molecular flexibility index (Phi) is 24.1. The molecule has 4 aromatic carbocycles. The quantitative estimate of drug-likeness (QED) is 0.0364. The number of likely N-dealkylation sites (N-methyl/N-ethyl adjacent to an activating group) is 2. The number of imidazole rings is 2. The Morgan fingerprint density at radius 2 is 1.08 bits per heavy atom. The third-order valence-corrected chi connectivity index (χ3v) is 17.8. The number of hydrogen-bond acceptors (Lipinski definition) is 14. The second kappa shape index (κ2) is 29.8.